The highest BCUT2D eigenvalue weighted by Gasteiger charge is 2.38. The minimum Gasteiger partial charge on any atom is -0.447 e. The van der Waals surface area contributed by atoms with Crippen molar-refractivity contribution in [1.29, 1.82) is 0 Å². The third kappa shape index (κ3) is 4.71. The minimum atomic E-state index is -2.62. The Morgan fingerprint density at radius 1 is 1.18 bits per heavy atom. The fraction of sp³-hybridized carbons (Fsp3) is 0.308. The molecule has 0 spiro atoms. The lowest BCUT2D eigenvalue weighted by atomic mass is 9.97. The molecule has 1 amide bonds. The Hall–Kier alpha value is -3.57. The van der Waals surface area contributed by atoms with E-state index in [0.717, 1.165) is 16.9 Å². The van der Waals surface area contributed by atoms with Gasteiger partial charge < -0.3 is 15.0 Å². The van der Waals surface area contributed by atoms with Crippen LogP contribution in [-0.4, -0.2) is 50.8 Å². The van der Waals surface area contributed by atoms with E-state index in [1.165, 1.54) is 17.1 Å². The maximum atomic E-state index is 13.5. The number of nitrogens with one attached hydrogen (secondary N) is 1. The Morgan fingerprint density at radius 3 is 2.76 bits per heavy atom. The van der Waals surface area contributed by atoms with Crippen LogP contribution in [-0.2, 0) is 11.3 Å². The molecule has 4 heterocycles. The zero-order valence-corrected chi connectivity index (χ0v) is 21.5. The van der Waals surface area contributed by atoms with Crippen molar-refractivity contribution in [2.24, 2.45) is 0 Å². The van der Waals surface area contributed by atoms with E-state index in [4.69, 9.17) is 16.3 Å². The number of nitrogens with zero attached hydrogens (tertiary/aromatic N) is 4. The number of fused-ring (bicyclic) bond motifs is 2. The maximum Gasteiger partial charge on any atom is 0.410 e. The molecule has 8 nitrogen and oxygen atoms in total. The Balaban J connectivity index is 1.38. The van der Waals surface area contributed by atoms with E-state index in [1.807, 2.05) is 12.1 Å². The van der Waals surface area contributed by atoms with Gasteiger partial charge in [-0.25, -0.2) is 23.5 Å². The molecule has 12 heteroatoms. The molecule has 0 bridgehead atoms. The first-order chi connectivity index (χ1) is 18.4. The summed E-state index contributed by atoms with van der Waals surface area (Å²) in [6.07, 6.45) is 1.08. The number of hydrogen-bond donors (Lipinski definition) is 1. The molecule has 6 rings (SSSR count). The van der Waals surface area contributed by atoms with Crippen molar-refractivity contribution in [2.75, 3.05) is 18.5 Å². The molecule has 1 N–H and O–H groups in total. The van der Waals surface area contributed by atoms with E-state index in [9.17, 15) is 18.4 Å². The van der Waals surface area contributed by atoms with E-state index in [1.54, 1.807) is 29.2 Å². The average Bonchev–Trinajstić information content (AvgIpc) is 3.54. The van der Waals surface area contributed by atoms with Crippen molar-refractivity contribution in [3.63, 3.8) is 0 Å². The van der Waals surface area contributed by atoms with E-state index in [2.05, 4.69) is 15.3 Å². The lowest BCUT2D eigenvalue weighted by Gasteiger charge is -2.33. The van der Waals surface area contributed by atoms with Crippen molar-refractivity contribution >= 4 is 45.6 Å². The molecule has 0 radical (unpaired) electrons. The fourth-order valence-corrected chi connectivity index (χ4v) is 5.89. The zero-order chi connectivity index (χ0) is 26.4. The van der Waals surface area contributed by atoms with Crippen LogP contribution < -0.4 is 10.9 Å². The average molecular weight is 558 g/mol. The van der Waals surface area contributed by atoms with Crippen LogP contribution in [0.4, 0.5) is 19.3 Å². The number of thiazole rings is 1. The number of halogens is 3. The number of carbonyl (C=O) groups excluding carboxylic acids is 1. The van der Waals surface area contributed by atoms with Gasteiger partial charge in [0.1, 0.15) is 11.6 Å². The van der Waals surface area contributed by atoms with Crippen molar-refractivity contribution in [3.8, 4) is 10.6 Å². The first-order valence-corrected chi connectivity index (χ1v) is 13.3. The van der Waals surface area contributed by atoms with E-state index in [0.29, 0.717) is 64.7 Å². The molecule has 196 valence electrons. The number of alkyl halides is 2. The smallest absolute Gasteiger partial charge is 0.410 e. The first kappa shape index (κ1) is 24.7. The summed E-state index contributed by atoms with van der Waals surface area (Å²) >= 11 is 6.89. The number of amides is 1. The molecule has 0 unspecified atom stereocenters. The lowest BCUT2D eigenvalue weighted by Crippen LogP contribution is -2.45. The van der Waals surface area contributed by atoms with Gasteiger partial charge in [-0.3, -0.25) is 9.36 Å². The van der Waals surface area contributed by atoms with Crippen LogP contribution in [0.15, 0.2) is 53.7 Å². The third-order valence-corrected chi connectivity index (χ3v) is 8.20. The largest absolute Gasteiger partial charge is 0.447 e. The van der Waals surface area contributed by atoms with Gasteiger partial charge in [-0.1, -0.05) is 23.7 Å². The van der Waals surface area contributed by atoms with Gasteiger partial charge in [0.25, 0.3) is 12.0 Å². The van der Waals surface area contributed by atoms with Gasteiger partial charge >= 0.3 is 6.09 Å². The van der Waals surface area contributed by atoms with Crippen LogP contribution in [0.1, 0.15) is 29.7 Å². The monoisotopic (exact) mass is 557 g/mol. The number of hydrogen-bond acceptors (Lipinski definition) is 7. The number of cyclic esters (lactones) is 1. The second-order valence-corrected chi connectivity index (χ2v) is 10.9. The van der Waals surface area contributed by atoms with Crippen molar-refractivity contribution < 1.29 is 18.3 Å². The van der Waals surface area contributed by atoms with Gasteiger partial charge in [-0.15, -0.1) is 11.3 Å². The lowest BCUT2D eigenvalue weighted by molar-refractivity contribution is 0.153. The number of aromatic nitrogens is 3. The second kappa shape index (κ2) is 9.95. The fourth-order valence-electron chi connectivity index (χ4n) is 4.96. The van der Waals surface area contributed by atoms with Crippen LogP contribution in [0, 0.1) is 0 Å². The highest BCUT2D eigenvalue weighted by Crippen LogP contribution is 2.38. The molecule has 2 aliphatic rings. The molecule has 0 aliphatic carbocycles. The second-order valence-electron chi connectivity index (χ2n) is 9.38. The van der Waals surface area contributed by atoms with E-state index < -0.39 is 6.43 Å². The molecule has 2 saturated heterocycles. The van der Waals surface area contributed by atoms with Crippen LogP contribution in [0.5, 0.6) is 0 Å². The summed E-state index contributed by atoms with van der Waals surface area (Å²) in [6, 6.07) is 10.6. The van der Waals surface area contributed by atoms with E-state index >= 15 is 0 Å². The third-order valence-electron chi connectivity index (χ3n) is 6.91. The molecule has 2 atom stereocenters. The summed E-state index contributed by atoms with van der Waals surface area (Å²) in [4.78, 5) is 35.7. The molecule has 2 aromatic carbocycles. The molecule has 4 aromatic rings. The quantitative estimate of drug-likeness (QED) is 0.334. The molecule has 0 saturated carbocycles. The first-order valence-electron chi connectivity index (χ1n) is 12.1. The Morgan fingerprint density at radius 2 is 2.00 bits per heavy atom. The predicted octanol–water partition coefficient (Wildman–Crippen LogP) is 5.55. The van der Waals surface area contributed by atoms with Crippen LogP contribution >= 0.6 is 22.9 Å². The van der Waals surface area contributed by atoms with Gasteiger partial charge in [0, 0.05) is 35.1 Å². The van der Waals surface area contributed by atoms with Crippen LogP contribution in [0.25, 0.3) is 21.5 Å². The normalized spacial score (nSPS) is 19.2. The van der Waals surface area contributed by atoms with E-state index in [-0.39, 0.29) is 28.6 Å². The van der Waals surface area contributed by atoms with Gasteiger partial charge in [-0.2, -0.15) is 0 Å². The number of piperidine rings is 1. The number of carbonyl (C=O) groups is 1. The Kier molecular flexibility index (Phi) is 6.48. The summed E-state index contributed by atoms with van der Waals surface area (Å²) < 4.78 is 33.3. The number of rotatable bonds is 6. The van der Waals surface area contributed by atoms with Gasteiger partial charge in [-0.05, 0) is 42.7 Å². The van der Waals surface area contributed by atoms with Crippen molar-refractivity contribution in [1.82, 2.24) is 19.4 Å². The molecule has 2 fully saturated rings. The molecule has 2 aliphatic heterocycles. The highest BCUT2D eigenvalue weighted by molar-refractivity contribution is 7.15. The van der Waals surface area contributed by atoms with Crippen molar-refractivity contribution in [2.45, 2.75) is 37.9 Å². The Labute approximate surface area is 224 Å². The van der Waals surface area contributed by atoms with Crippen LogP contribution in [0.3, 0.4) is 0 Å². The topological polar surface area (TPSA) is 89.3 Å². The zero-order valence-electron chi connectivity index (χ0n) is 19.9. The van der Waals surface area contributed by atoms with Gasteiger partial charge in [0.2, 0.25) is 0 Å². The summed E-state index contributed by atoms with van der Waals surface area (Å²) in [5.41, 5.74) is 2.32. The molecule has 2 aromatic heterocycles. The number of anilines is 1. The molecule has 38 heavy (non-hydrogen) atoms. The minimum absolute atomic E-state index is 0.00977. The van der Waals surface area contributed by atoms with Crippen molar-refractivity contribution in [3.05, 3.63) is 74.7 Å². The SMILES string of the molecule is O=C1OC[C@@H]2C[C@@H](Nc3cc4c(=O)n(Cc5ccc(Cl)cc5)cnc4cc3-c3ncc(C(F)F)s3)CCN12. The highest BCUT2D eigenvalue weighted by atomic mass is 35.5. The Bertz CT molecular complexity index is 1580. The summed E-state index contributed by atoms with van der Waals surface area (Å²) in [5, 5.41) is 4.92. The van der Waals surface area contributed by atoms with Gasteiger partial charge in [0.15, 0.2) is 0 Å². The van der Waals surface area contributed by atoms with Gasteiger partial charge in [0.05, 0.1) is 34.7 Å². The number of ether oxygens (including phenoxy) is 1. The molecular weight excluding hydrogens is 536 g/mol. The number of benzene rings is 2. The summed E-state index contributed by atoms with van der Waals surface area (Å²) in [5.74, 6) is 0. The summed E-state index contributed by atoms with van der Waals surface area (Å²) in [6.45, 7) is 1.21. The summed E-state index contributed by atoms with van der Waals surface area (Å²) in [7, 11) is 0. The maximum absolute atomic E-state index is 13.5. The predicted molar refractivity (Wildman–Crippen MR) is 141 cm³/mol. The standard InChI is InChI=1S/C26H22ClF2N5O3S/c27-15-3-1-14(2-4-15)11-33-13-31-20-8-18(24-30-10-22(38-24)23(28)29)21(9-19(20)25(33)35)32-16-5-6-34-17(7-16)12-37-26(34)36/h1-4,8-10,13,16-17,23,32H,5-7,11-12H2/t16-,17-/m0/s1. The molecular formula is C26H22ClF2N5O3S. The van der Waals surface area contributed by atoms with Crippen LogP contribution in [0.2, 0.25) is 5.02 Å².